The minimum atomic E-state index is 0. The van der Waals surface area contributed by atoms with Gasteiger partial charge in [0, 0.05) is 0 Å². The Kier molecular flexibility index (Phi) is 80.2. The Hall–Kier alpha value is 0.262. The second-order valence-corrected chi connectivity index (χ2v) is 0.368. The molecule has 0 spiro atoms. The van der Waals surface area contributed by atoms with E-state index in [2.05, 4.69) is 11.3 Å². The molecule has 0 atom stereocenters. The van der Waals surface area contributed by atoms with Gasteiger partial charge in [-0.25, -0.2) is 0 Å². The Morgan fingerprint density at radius 1 is 1.38 bits per heavy atom. The molecule has 0 fully saturated rings. The smallest absolute Gasteiger partial charge is 0.476 e. The van der Waals surface area contributed by atoms with Crippen LogP contribution in [0.3, 0.4) is 0 Å². The van der Waals surface area contributed by atoms with Gasteiger partial charge in [-0.2, -0.15) is 0 Å². The standard InChI is InChI=1S/C3H3O2.2CH3.U/c1-2-5-3-4;;;/h1-3H;2*1H3;/q3*-1;+3. The molecule has 0 aromatic carbocycles. The fourth-order valence-corrected chi connectivity index (χ4v) is 0.0321. The van der Waals surface area contributed by atoms with Gasteiger partial charge in [0.1, 0.15) is 0 Å². The minimum Gasteiger partial charge on any atom is -0.476 e. The van der Waals surface area contributed by atoms with E-state index in [4.69, 9.17) is 4.79 Å². The molecule has 0 aliphatic heterocycles. The van der Waals surface area contributed by atoms with Crippen molar-refractivity contribution in [1.29, 1.82) is 0 Å². The molecular formula is C5H9O2U. The zero-order chi connectivity index (χ0) is 4.12. The topological polar surface area (TPSA) is 26.3 Å². The van der Waals surface area contributed by atoms with Crippen molar-refractivity contribution >= 4 is 6.47 Å². The van der Waals surface area contributed by atoms with E-state index in [1.807, 2.05) is 0 Å². The summed E-state index contributed by atoms with van der Waals surface area (Å²) in [7, 11) is 0. The Bertz CT molecular complexity index is 39.7. The third-order valence-corrected chi connectivity index (χ3v) is 0.134. The quantitative estimate of drug-likeness (QED) is 0.426. The van der Waals surface area contributed by atoms with Gasteiger partial charge in [-0.05, 0) is 0 Å². The number of ether oxygens (including phenoxy) is 1. The zero-order valence-corrected chi connectivity index (χ0v) is 9.21. The van der Waals surface area contributed by atoms with Crippen LogP contribution in [0.2, 0.25) is 0 Å². The van der Waals surface area contributed by atoms with E-state index in [1.54, 1.807) is 0 Å². The van der Waals surface area contributed by atoms with Crippen molar-refractivity contribution in [3.05, 3.63) is 27.7 Å². The first-order valence-corrected chi connectivity index (χ1v) is 1.04. The largest absolute Gasteiger partial charge is 3.00 e. The van der Waals surface area contributed by atoms with Crippen LogP contribution in [0, 0.1) is 52.5 Å². The van der Waals surface area contributed by atoms with E-state index < -0.39 is 0 Å². The molecule has 1 radical (unpaired) electrons. The molecule has 0 aromatic heterocycles. The predicted molar refractivity (Wildman–Crippen MR) is 28.8 cm³/mol. The summed E-state index contributed by atoms with van der Waals surface area (Å²) in [6.07, 6.45) is 0.812. The second-order valence-electron chi connectivity index (χ2n) is 0.368. The Labute approximate surface area is 74.7 Å². The molecule has 0 bridgehead atoms. The second kappa shape index (κ2) is 26.8. The monoisotopic (exact) mass is 339 g/mol. The number of rotatable bonds is 2. The van der Waals surface area contributed by atoms with Crippen LogP contribution in [0.15, 0.2) is 6.26 Å². The van der Waals surface area contributed by atoms with E-state index in [0.717, 1.165) is 6.26 Å². The van der Waals surface area contributed by atoms with Gasteiger partial charge >= 0.3 is 31.1 Å². The number of hydrogen-bond donors (Lipinski definition) is 0. The van der Waals surface area contributed by atoms with Gasteiger partial charge in [-0.15, -0.1) is 0 Å². The van der Waals surface area contributed by atoms with E-state index in [9.17, 15) is 0 Å². The first-order chi connectivity index (χ1) is 2.41. The Morgan fingerprint density at radius 2 is 1.75 bits per heavy atom. The maximum absolute atomic E-state index is 9.07. The number of carbonyl (C=O) groups excluding carboxylic acids is 1. The summed E-state index contributed by atoms with van der Waals surface area (Å²) < 4.78 is 3.81. The maximum atomic E-state index is 9.07. The van der Waals surface area contributed by atoms with Gasteiger partial charge in [0.05, 0.1) is 0 Å². The fraction of sp³-hybridized carbons (Fsp3) is 0. The van der Waals surface area contributed by atoms with Crippen LogP contribution in [0.1, 0.15) is 0 Å². The van der Waals surface area contributed by atoms with Gasteiger partial charge in [0.25, 0.3) is 6.47 Å². The summed E-state index contributed by atoms with van der Waals surface area (Å²) >= 11 is 0. The third kappa shape index (κ3) is 33.9. The molecule has 0 saturated carbocycles. The fourth-order valence-electron chi connectivity index (χ4n) is 0.0321. The van der Waals surface area contributed by atoms with E-state index >= 15 is 0 Å². The molecule has 0 saturated heterocycles. The maximum Gasteiger partial charge on any atom is 3.00 e. The van der Waals surface area contributed by atoms with Crippen LogP contribution >= 0.6 is 0 Å². The molecule has 0 unspecified atom stereocenters. The Morgan fingerprint density at radius 3 is 1.75 bits per heavy atom. The molecule has 0 aromatic rings. The Balaban J connectivity index is -0.0000000267. The molecule has 3 heteroatoms. The molecule has 0 aliphatic rings. The zero-order valence-electron chi connectivity index (χ0n) is 5.05. The van der Waals surface area contributed by atoms with Crippen molar-refractivity contribution in [2.45, 2.75) is 0 Å². The van der Waals surface area contributed by atoms with Gasteiger partial charge in [0.2, 0.25) is 0 Å². The van der Waals surface area contributed by atoms with Gasteiger partial charge in [-0.3, -0.25) is 4.79 Å². The summed E-state index contributed by atoms with van der Waals surface area (Å²) in [4.78, 5) is 9.07. The summed E-state index contributed by atoms with van der Waals surface area (Å²) in [6, 6.07) is 0. The van der Waals surface area contributed by atoms with Crippen LogP contribution in [0.4, 0.5) is 0 Å². The van der Waals surface area contributed by atoms with Gasteiger partial charge < -0.3 is 26.2 Å². The van der Waals surface area contributed by atoms with Crippen LogP contribution in [0.5, 0.6) is 0 Å². The van der Waals surface area contributed by atoms with Crippen LogP contribution in [-0.4, -0.2) is 6.47 Å². The van der Waals surface area contributed by atoms with E-state index in [0.29, 0.717) is 0 Å². The first-order valence-electron chi connectivity index (χ1n) is 1.04. The van der Waals surface area contributed by atoms with Crippen LogP contribution in [0.25, 0.3) is 0 Å². The molecule has 0 rings (SSSR count). The van der Waals surface area contributed by atoms with Crippen molar-refractivity contribution in [1.82, 2.24) is 0 Å². The average Bonchev–Trinajstić information content (AvgIpc) is 1.41. The summed E-state index contributed by atoms with van der Waals surface area (Å²) in [5.74, 6) is 0. The summed E-state index contributed by atoms with van der Waals surface area (Å²) in [5.41, 5.74) is 0. The van der Waals surface area contributed by atoms with Crippen molar-refractivity contribution in [2.24, 2.45) is 0 Å². The van der Waals surface area contributed by atoms with Crippen molar-refractivity contribution < 1.29 is 40.6 Å². The molecule has 0 heterocycles. The summed E-state index contributed by atoms with van der Waals surface area (Å²) in [5, 5.41) is 0. The van der Waals surface area contributed by atoms with Gasteiger partial charge in [0.15, 0.2) is 0 Å². The molecule has 0 N–H and O–H groups in total. The van der Waals surface area contributed by atoms with E-state index in [1.165, 1.54) is 0 Å². The van der Waals surface area contributed by atoms with E-state index in [-0.39, 0.29) is 52.4 Å². The van der Waals surface area contributed by atoms with Gasteiger partial charge in [-0.1, -0.05) is 6.26 Å². The molecule has 45 valence electrons. The molecule has 2 nitrogen and oxygen atoms in total. The molecule has 8 heavy (non-hydrogen) atoms. The number of carbonyl (C=O) groups is 1. The van der Waals surface area contributed by atoms with Crippen LogP contribution in [-0.2, 0) is 9.53 Å². The molecular weight excluding hydrogens is 330 g/mol. The van der Waals surface area contributed by atoms with Crippen LogP contribution < -0.4 is 0 Å². The third-order valence-electron chi connectivity index (χ3n) is 0.134. The summed E-state index contributed by atoms with van der Waals surface area (Å²) in [6.45, 7) is 4.81. The molecule has 0 amide bonds. The van der Waals surface area contributed by atoms with Crippen molar-refractivity contribution in [3.8, 4) is 0 Å². The average molecular weight is 339 g/mol. The minimum absolute atomic E-state index is 0. The predicted octanol–water partition coefficient (Wildman–Crippen LogP) is 1.01. The number of hydrogen-bond acceptors (Lipinski definition) is 2. The first kappa shape index (κ1) is 24.0. The molecule has 0 aliphatic carbocycles. The normalized spacial score (nSPS) is 3.50. The SMILES string of the molecule is [CH-]=COC=O.[CH3-].[CH3-].[U+3]. The van der Waals surface area contributed by atoms with Crippen molar-refractivity contribution in [2.75, 3.05) is 0 Å². The van der Waals surface area contributed by atoms with Crippen molar-refractivity contribution in [3.63, 3.8) is 0 Å².